The zero-order chi connectivity index (χ0) is 15.1. The summed E-state index contributed by atoms with van der Waals surface area (Å²) in [6, 6.07) is 2.17. The fourth-order valence-electron chi connectivity index (χ4n) is 2.61. The molecule has 0 bridgehead atoms. The SMILES string of the molecule is CCCOc1cc(C)c(C(C)CCSC#N)c(C)c1C. The Hall–Kier alpha value is -1.14. The van der Waals surface area contributed by atoms with Gasteiger partial charge in [0.15, 0.2) is 0 Å². The molecule has 0 amide bonds. The van der Waals surface area contributed by atoms with E-state index in [4.69, 9.17) is 10.00 Å². The van der Waals surface area contributed by atoms with Gasteiger partial charge >= 0.3 is 0 Å². The Morgan fingerprint density at radius 2 is 2.00 bits per heavy atom. The third kappa shape index (κ3) is 4.18. The molecule has 1 atom stereocenters. The van der Waals surface area contributed by atoms with Gasteiger partial charge in [-0.05, 0) is 79.6 Å². The molecule has 0 aliphatic rings. The second kappa shape index (κ2) is 8.21. The predicted molar refractivity (Wildman–Crippen MR) is 87.5 cm³/mol. The van der Waals surface area contributed by atoms with Crippen molar-refractivity contribution in [2.75, 3.05) is 12.4 Å². The maximum absolute atomic E-state index is 8.62. The summed E-state index contributed by atoms with van der Waals surface area (Å²) in [6.07, 6.45) is 2.07. The van der Waals surface area contributed by atoms with Crippen LogP contribution < -0.4 is 4.74 Å². The number of thioether (sulfide) groups is 1. The lowest BCUT2D eigenvalue weighted by Crippen LogP contribution is -2.06. The van der Waals surface area contributed by atoms with Crippen molar-refractivity contribution in [3.05, 3.63) is 28.3 Å². The largest absolute Gasteiger partial charge is 0.493 e. The third-order valence-electron chi connectivity index (χ3n) is 3.78. The monoisotopic (exact) mass is 291 g/mol. The van der Waals surface area contributed by atoms with E-state index >= 15 is 0 Å². The van der Waals surface area contributed by atoms with Crippen LogP contribution in [0.25, 0.3) is 0 Å². The lowest BCUT2D eigenvalue weighted by atomic mass is 9.87. The molecule has 0 radical (unpaired) electrons. The van der Waals surface area contributed by atoms with Crippen molar-refractivity contribution in [2.45, 2.75) is 53.4 Å². The number of thiocyanates is 1. The van der Waals surface area contributed by atoms with Gasteiger partial charge in [-0.3, -0.25) is 0 Å². The molecule has 0 saturated heterocycles. The Kier molecular flexibility index (Phi) is 6.95. The number of nitrogens with zero attached hydrogens (tertiary/aromatic N) is 1. The summed E-state index contributed by atoms with van der Waals surface area (Å²) in [5.41, 5.74) is 5.31. The molecule has 2 nitrogen and oxygen atoms in total. The van der Waals surface area contributed by atoms with Gasteiger partial charge in [-0.15, -0.1) is 0 Å². The van der Waals surface area contributed by atoms with Gasteiger partial charge in [-0.25, -0.2) is 0 Å². The molecule has 0 N–H and O–H groups in total. The molecule has 110 valence electrons. The number of rotatable bonds is 7. The number of hydrogen-bond donors (Lipinski definition) is 0. The minimum Gasteiger partial charge on any atom is -0.493 e. The quantitative estimate of drug-likeness (QED) is 0.517. The van der Waals surface area contributed by atoms with Gasteiger partial charge in [0.25, 0.3) is 0 Å². The van der Waals surface area contributed by atoms with Crippen LogP contribution in [0.15, 0.2) is 6.07 Å². The second-order valence-corrected chi connectivity index (χ2v) is 6.21. The summed E-state index contributed by atoms with van der Waals surface area (Å²) in [5, 5.41) is 10.8. The van der Waals surface area contributed by atoms with Gasteiger partial charge < -0.3 is 4.74 Å². The smallest absolute Gasteiger partial charge is 0.133 e. The molecule has 3 heteroatoms. The fraction of sp³-hybridized carbons (Fsp3) is 0.588. The van der Waals surface area contributed by atoms with Gasteiger partial charge in [0.2, 0.25) is 0 Å². The maximum atomic E-state index is 8.62. The Morgan fingerprint density at radius 3 is 2.60 bits per heavy atom. The lowest BCUT2D eigenvalue weighted by Gasteiger charge is -2.21. The average molecular weight is 291 g/mol. The second-order valence-electron chi connectivity index (χ2n) is 5.33. The minimum absolute atomic E-state index is 0.481. The van der Waals surface area contributed by atoms with Crippen LogP contribution in [0.1, 0.15) is 54.9 Å². The zero-order valence-electron chi connectivity index (χ0n) is 13.2. The highest BCUT2D eigenvalue weighted by Crippen LogP contribution is 2.34. The standard InChI is InChI=1S/C17H25NOS/c1-6-8-19-16-10-13(3)17(15(5)14(16)4)12(2)7-9-20-11-18/h10,12H,6-9H2,1-5H3. The van der Waals surface area contributed by atoms with Gasteiger partial charge in [-0.2, -0.15) is 5.26 Å². The molecule has 0 spiro atoms. The first kappa shape index (κ1) is 16.9. The van der Waals surface area contributed by atoms with Gasteiger partial charge in [0.1, 0.15) is 11.2 Å². The van der Waals surface area contributed by atoms with E-state index in [2.05, 4.69) is 46.1 Å². The van der Waals surface area contributed by atoms with Crippen molar-refractivity contribution in [3.8, 4) is 11.2 Å². The summed E-state index contributed by atoms with van der Waals surface area (Å²) in [5.74, 6) is 2.39. The summed E-state index contributed by atoms with van der Waals surface area (Å²) < 4.78 is 5.83. The van der Waals surface area contributed by atoms with Crippen LogP contribution in [0.5, 0.6) is 5.75 Å². The number of ether oxygens (including phenoxy) is 1. The van der Waals surface area contributed by atoms with E-state index in [1.807, 2.05) is 0 Å². The van der Waals surface area contributed by atoms with Crippen LogP contribution in [-0.4, -0.2) is 12.4 Å². The fourth-order valence-corrected chi connectivity index (χ4v) is 3.17. The molecule has 0 heterocycles. The Morgan fingerprint density at radius 1 is 1.30 bits per heavy atom. The molecule has 0 saturated carbocycles. The zero-order valence-corrected chi connectivity index (χ0v) is 14.1. The van der Waals surface area contributed by atoms with Gasteiger partial charge in [-0.1, -0.05) is 13.8 Å². The van der Waals surface area contributed by atoms with E-state index in [0.29, 0.717) is 5.92 Å². The number of aryl methyl sites for hydroxylation is 1. The first-order valence-corrected chi connectivity index (χ1v) is 8.25. The molecule has 1 aromatic carbocycles. The maximum Gasteiger partial charge on any atom is 0.133 e. The first-order valence-electron chi connectivity index (χ1n) is 7.27. The summed E-state index contributed by atoms with van der Waals surface area (Å²) in [4.78, 5) is 0. The summed E-state index contributed by atoms with van der Waals surface area (Å²) in [7, 11) is 0. The molecule has 1 aromatic rings. The van der Waals surface area contributed by atoms with Crippen LogP contribution in [0, 0.1) is 31.4 Å². The van der Waals surface area contributed by atoms with Gasteiger partial charge in [0.05, 0.1) is 6.61 Å². The summed E-state index contributed by atoms with van der Waals surface area (Å²) in [6.45, 7) is 11.6. The number of hydrogen-bond acceptors (Lipinski definition) is 3. The van der Waals surface area contributed by atoms with Crippen LogP contribution >= 0.6 is 11.8 Å². The third-order valence-corrected chi connectivity index (χ3v) is 4.35. The molecule has 0 aliphatic heterocycles. The predicted octanol–water partition coefficient (Wildman–Crippen LogP) is 5.11. The molecular weight excluding hydrogens is 266 g/mol. The van der Waals surface area contributed by atoms with Crippen molar-refractivity contribution >= 4 is 11.8 Å². The van der Waals surface area contributed by atoms with Crippen LogP contribution in [0.4, 0.5) is 0 Å². The Labute approximate surface area is 127 Å². The van der Waals surface area contributed by atoms with Crippen molar-refractivity contribution < 1.29 is 4.74 Å². The minimum atomic E-state index is 0.481. The first-order chi connectivity index (χ1) is 9.52. The molecular formula is C17H25NOS. The highest BCUT2D eigenvalue weighted by molar-refractivity contribution is 8.03. The number of benzene rings is 1. The molecule has 0 fully saturated rings. The highest BCUT2D eigenvalue weighted by Gasteiger charge is 2.16. The van der Waals surface area contributed by atoms with Crippen LogP contribution in [-0.2, 0) is 0 Å². The normalized spacial score (nSPS) is 12.0. The van der Waals surface area contributed by atoms with E-state index in [1.165, 1.54) is 34.0 Å². The average Bonchev–Trinajstić information content (AvgIpc) is 2.41. The van der Waals surface area contributed by atoms with Crippen molar-refractivity contribution in [2.24, 2.45) is 0 Å². The van der Waals surface area contributed by atoms with Crippen LogP contribution in [0.2, 0.25) is 0 Å². The van der Waals surface area contributed by atoms with E-state index in [-0.39, 0.29) is 0 Å². The van der Waals surface area contributed by atoms with Crippen molar-refractivity contribution in [1.29, 1.82) is 5.26 Å². The Balaban J connectivity index is 2.98. The van der Waals surface area contributed by atoms with Gasteiger partial charge in [0, 0.05) is 5.75 Å². The topological polar surface area (TPSA) is 33.0 Å². The molecule has 0 aliphatic carbocycles. The summed E-state index contributed by atoms with van der Waals surface area (Å²) >= 11 is 1.34. The lowest BCUT2D eigenvalue weighted by molar-refractivity contribution is 0.314. The molecule has 20 heavy (non-hydrogen) atoms. The molecule has 1 rings (SSSR count). The molecule has 0 aromatic heterocycles. The van der Waals surface area contributed by atoms with E-state index < -0.39 is 0 Å². The van der Waals surface area contributed by atoms with E-state index in [1.54, 1.807) is 0 Å². The van der Waals surface area contributed by atoms with Crippen molar-refractivity contribution in [1.82, 2.24) is 0 Å². The Bertz CT molecular complexity index is 491. The van der Waals surface area contributed by atoms with Crippen LogP contribution in [0.3, 0.4) is 0 Å². The highest BCUT2D eigenvalue weighted by atomic mass is 32.2. The molecule has 1 unspecified atom stereocenters. The van der Waals surface area contributed by atoms with E-state index in [9.17, 15) is 0 Å². The number of nitriles is 1. The van der Waals surface area contributed by atoms with Crippen molar-refractivity contribution in [3.63, 3.8) is 0 Å². The van der Waals surface area contributed by atoms with E-state index in [0.717, 1.165) is 31.0 Å².